The monoisotopic (exact) mass is 1010 g/mol. The summed E-state index contributed by atoms with van der Waals surface area (Å²) in [5.41, 5.74) is 2.81. The van der Waals surface area contributed by atoms with E-state index in [-0.39, 0.29) is 11.1 Å². The van der Waals surface area contributed by atoms with E-state index < -0.39 is 41.4 Å². The number of esters is 1. The minimum absolute atomic E-state index is 0.201. The predicted octanol–water partition coefficient (Wildman–Crippen LogP) is 10.9. The summed E-state index contributed by atoms with van der Waals surface area (Å²) < 4.78 is 19.5. The molecule has 2 atom stereocenters. The number of rotatable bonds is 12. The average Bonchev–Trinajstić information content (AvgIpc) is 3.31. The molecule has 0 bridgehead atoms. The maximum Gasteiger partial charge on any atom is 0.408 e. The molecule has 2 N–H and O–H groups in total. The quantitative estimate of drug-likeness (QED) is 0.0880. The molecule has 366 valence electrons. The second-order valence-electron chi connectivity index (χ2n) is 18.5. The first-order chi connectivity index (χ1) is 33.2. The lowest BCUT2D eigenvalue weighted by molar-refractivity contribution is 0.0487. The number of amides is 2. The van der Waals surface area contributed by atoms with Gasteiger partial charge in [-0.3, -0.25) is 18.7 Å². The van der Waals surface area contributed by atoms with Gasteiger partial charge in [0.1, 0.15) is 22.9 Å². The second kappa shape index (κ2) is 22.4. The van der Waals surface area contributed by atoms with Crippen molar-refractivity contribution in [1.82, 2.24) is 29.7 Å². The van der Waals surface area contributed by atoms with Crippen molar-refractivity contribution in [2.75, 3.05) is 19.1 Å². The molecule has 2 amide bonds. The van der Waals surface area contributed by atoms with Crippen LogP contribution in [0.25, 0.3) is 33.2 Å². The molecule has 7 aromatic rings. The van der Waals surface area contributed by atoms with Crippen molar-refractivity contribution < 1.29 is 28.6 Å². The normalized spacial score (nSPS) is 12.3. The lowest BCUT2D eigenvalue weighted by Gasteiger charge is -2.26. The van der Waals surface area contributed by atoms with E-state index in [1.54, 1.807) is 74.9 Å². The fourth-order valence-corrected chi connectivity index (χ4v) is 8.22. The number of hydrogen-bond donors (Lipinski definition) is 2. The van der Waals surface area contributed by atoms with Crippen LogP contribution in [-0.4, -0.2) is 62.6 Å². The summed E-state index contributed by atoms with van der Waals surface area (Å²) in [6.45, 7) is 15.1. The van der Waals surface area contributed by atoms with Gasteiger partial charge in [-0.2, -0.15) is 0 Å². The first kappa shape index (κ1) is 52.0. The third-order valence-electron chi connectivity index (χ3n) is 10.8. The first-order valence-electron chi connectivity index (χ1n) is 23.0. The lowest BCUT2D eigenvalue weighted by Crippen LogP contribution is -2.38. The largest absolute Gasteiger partial charge is 0.465 e. The molecule has 2 heterocycles. The van der Waals surface area contributed by atoms with E-state index >= 15 is 0 Å². The highest BCUT2D eigenvalue weighted by Crippen LogP contribution is 2.29. The second-order valence-corrected chi connectivity index (χ2v) is 19.3. The van der Waals surface area contributed by atoms with Gasteiger partial charge < -0.3 is 29.7 Å². The standard InChI is InChI=1S/C32H36N4O5.C22H24BrN3O3/c1-7-24(34-31(39)41-32(2,3)4)28-33-25-14-11-15-26(27(25)29(37)36(28)23-12-9-8-10-13-23)35(5)20-21-16-18-22(19-17-21)30(38)40-6;1-5-16(25-21(28)29-22(2,3)4)19-24-17-13-9-12-15(23)18(17)20(27)26(19)14-10-7-6-8-11-14/h8-19,24H,7,20H2,1-6H3,(H,34,39);6-13,16H,5H2,1-4H3,(H,25,28)/t24-;16-/m00/s1. The number of aromatic nitrogens is 4. The van der Waals surface area contributed by atoms with Gasteiger partial charge in [-0.1, -0.05) is 74.5 Å². The van der Waals surface area contributed by atoms with Crippen molar-refractivity contribution in [3.63, 3.8) is 0 Å². The lowest BCUT2D eigenvalue weighted by atomic mass is 10.1. The van der Waals surface area contributed by atoms with E-state index in [2.05, 4.69) is 26.6 Å². The summed E-state index contributed by atoms with van der Waals surface area (Å²) in [6.07, 6.45) is -0.0963. The van der Waals surface area contributed by atoms with Gasteiger partial charge in [0.05, 0.1) is 63.6 Å². The van der Waals surface area contributed by atoms with Crippen LogP contribution in [0.3, 0.4) is 0 Å². The van der Waals surface area contributed by atoms with Crippen LogP contribution < -0.4 is 26.7 Å². The molecule has 0 aliphatic heterocycles. The topological polar surface area (TPSA) is 176 Å². The highest BCUT2D eigenvalue weighted by molar-refractivity contribution is 9.10. The zero-order valence-electron chi connectivity index (χ0n) is 41.2. The van der Waals surface area contributed by atoms with Crippen molar-refractivity contribution in [2.45, 2.75) is 98.1 Å². The molecule has 7 rings (SSSR count). The van der Waals surface area contributed by atoms with Crippen molar-refractivity contribution in [3.05, 3.63) is 169 Å². The third kappa shape index (κ3) is 12.7. The highest BCUT2D eigenvalue weighted by Gasteiger charge is 2.27. The number of fused-ring (bicyclic) bond motifs is 2. The van der Waals surface area contributed by atoms with E-state index in [1.807, 2.05) is 123 Å². The Bertz CT molecular complexity index is 3090. The Labute approximate surface area is 416 Å². The van der Waals surface area contributed by atoms with Gasteiger partial charge in [0.2, 0.25) is 0 Å². The minimum Gasteiger partial charge on any atom is -0.465 e. The summed E-state index contributed by atoms with van der Waals surface area (Å²) >= 11 is 3.46. The van der Waals surface area contributed by atoms with Crippen LogP contribution in [0.5, 0.6) is 0 Å². The summed E-state index contributed by atoms with van der Waals surface area (Å²) in [7, 11) is 3.25. The molecular formula is C54H60BrN7O8. The van der Waals surface area contributed by atoms with Crippen LogP contribution >= 0.6 is 15.9 Å². The van der Waals surface area contributed by atoms with Gasteiger partial charge in [0.25, 0.3) is 11.1 Å². The maximum absolute atomic E-state index is 14.3. The number of ether oxygens (including phenoxy) is 3. The van der Waals surface area contributed by atoms with E-state index in [9.17, 15) is 24.0 Å². The predicted molar refractivity (Wildman–Crippen MR) is 277 cm³/mol. The number of anilines is 1. The number of methoxy groups -OCH3 is 1. The fourth-order valence-electron chi connectivity index (χ4n) is 7.70. The van der Waals surface area contributed by atoms with E-state index in [0.29, 0.717) is 79.9 Å². The van der Waals surface area contributed by atoms with Crippen LogP contribution in [-0.2, 0) is 20.8 Å². The SMILES string of the molecule is CC[C@H](NC(=O)OC(C)(C)C)c1nc2cccc(Br)c2c(=O)n1-c1ccccc1.CC[C@H](NC(=O)OC(C)(C)C)c1nc2cccc(N(C)Cc3ccc(C(=O)OC)cc3)c2c(=O)n1-c1ccccc1. The van der Waals surface area contributed by atoms with E-state index in [4.69, 9.17) is 24.2 Å². The third-order valence-corrected chi connectivity index (χ3v) is 11.5. The van der Waals surface area contributed by atoms with Crippen molar-refractivity contribution in [2.24, 2.45) is 0 Å². The summed E-state index contributed by atoms with van der Waals surface area (Å²) in [6, 6.07) is 35.6. The number of nitrogens with zero attached hydrogens (tertiary/aromatic N) is 5. The number of carbonyl (C=O) groups excluding carboxylic acids is 3. The molecule has 0 aliphatic carbocycles. The number of alkyl carbamates (subject to hydrolysis) is 2. The van der Waals surface area contributed by atoms with Crippen LogP contribution in [0.2, 0.25) is 0 Å². The molecule has 0 unspecified atom stereocenters. The zero-order chi connectivity index (χ0) is 50.9. The maximum atomic E-state index is 14.3. The number of halogens is 1. The fraction of sp³-hybridized carbons (Fsp3) is 0.315. The molecule has 16 heteroatoms. The number of carbonyl (C=O) groups is 3. The number of para-hydroxylation sites is 2. The van der Waals surface area contributed by atoms with E-state index in [1.165, 1.54) is 7.11 Å². The first-order valence-corrected chi connectivity index (χ1v) is 23.8. The van der Waals surface area contributed by atoms with Crippen molar-refractivity contribution >= 4 is 61.6 Å². The number of nitrogens with one attached hydrogen (secondary N) is 2. The molecule has 0 saturated carbocycles. The van der Waals surface area contributed by atoms with Gasteiger partial charge in [-0.05, 0) is 137 Å². The molecule has 0 fully saturated rings. The van der Waals surface area contributed by atoms with Crippen molar-refractivity contribution in [1.29, 1.82) is 0 Å². The average molecular weight is 1020 g/mol. The summed E-state index contributed by atoms with van der Waals surface area (Å²) in [4.78, 5) is 76.4. The highest BCUT2D eigenvalue weighted by atomic mass is 79.9. The Morgan fingerprint density at radius 1 is 0.629 bits per heavy atom. The van der Waals surface area contributed by atoms with E-state index in [0.717, 1.165) is 5.56 Å². The van der Waals surface area contributed by atoms with Gasteiger partial charge >= 0.3 is 18.2 Å². The Hall–Kier alpha value is -7.33. The van der Waals surface area contributed by atoms with Crippen molar-refractivity contribution in [3.8, 4) is 11.4 Å². The number of benzene rings is 5. The molecular weight excluding hydrogens is 955 g/mol. The van der Waals surface area contributed by atoms with Crippen LogP contribution in [0, 0.1) is 0 Å². The Balaban J connectivity index is 0.000000244. The van der Waals surface area contributed by atoms with Gasteiger partial charge in [-0.15, -0.1) is 0 Å². The molecule has 2 aromatic heterocycles. The van der Waals surface area contributed by atoms with Gasteiger partial charge in [-0.25, -0.2) is 24.4 Å². The molecule has 0 saturated heterocycles. The Morgan fingerprint density at radius 3 is 1.51 bits per heavy atom. The van der Waals surface area contributed by atoms with Gasteiger partial charge in [0.15, 0.2) is 0 Å². The van der Waals surface area contributed by atoms with Crippen LogP contribution in [0.15, 0.2) is 135 Å². The summed E-state index contributed by atoms with van der Waals surface area (Å²) in [5, 5.41) is 6.71. The Kier molecular flexibility index (Phi) is 16.7. The molecule has 0 spiro atoms. The smallest absolute Gasteiger partial charge is 0.408 e. The van der Waals surface area contributed by atoms with Crippen LogP contribution in [0.4, 0.5) is 15.3 Å². The minimum atomic E-state index is -0.669. The van der Waals surface area contributed by atoms with Crippen LogP contribution in [0.1, 0.15) is 108 Å². The molecule has 15 nitrogen and oxygen atoms in total. The Morgan fingerprint density at radius 2 is 1.07 bits per heavy atom. The number of hydrogen-bond acceptors (Lipinski definition) is 11. The molecule has 70 heavy (non-hydrogen) atoms. The molecule has 0 aliphatic rings. The molecule has 5 aromatic carbocycles. The summed E-state index contributed by atoms with van der Waals surface area (Å²) in [5.74, 6) is 0.481. The zero-order valence-corrected chi connectivity index (χ0v) is 42.8. The molecule has 0 radical (unpaired) electrons. The van der Waals surface area contributed by atoms with Gasteiger partial charge in [0, 0.05) is 18.1 Å².